The second kappa shape index (κ2) is 6.33. The van der Waals surface area contributed by atoms with Crippen LogP contribution in [0.5, 0.6) is 0 Å². The molecule has 0 aliphatic rings. The van der Waals surface area contributed by atoms with E-state index in [1.54, 1.807) is 36.1 Å². The van der Waals surface area contributed by atoms with E-state index in [-0.39, 0.29) is 0 Å². The number of rotatable bonds is 4. The third-order valence-electron chi connectivity index (χ3n) is 3.64. The number of aryl methyl sites for hydroxylation is 1. The Kier molecular flexibility index (Phi) is 3.88. The van der Waals surface area contributed by atoms with Crippen molar-refractivity contribution in [3.8, 4) is 11.4 Å². The third-order valence-corrected chi connectivity index (χ3v) is 4.81. The molecular formula is C18H15N5S. The quantitative estimate of drug-likeness (QED) is 0.597. The summed E-state index contributed by atoms with van der Waals surface area (Å²) in [7, 11) is 0. The van der Waals surface area contributed by atoms with E-state index in [1.807, 2.05) is 24.3 Å². The Bertz CT molecular complexity index is 967. The smallest absolute Gasteiger partial charge is 0.164 e. The molecule has 0 amide bonds. The molecule has 0 atom stereocenters. The van der Waals surface area contributed by atoms with E-state index in [1.165, 1.54) is 4.88 Å². The first-order valence-electron chi connectivity index (χ1n) is 7.71. The van der Waals surface area contributed by atoms with Crippen LogP contribution in [0.3, 0.4) is 0 Å². The number of fused-ring (bicyclic) bond motifs is 1. The number of hydrogen-bond donors (Lipinski definition) is 1. The average Bonchev–Trinajstić information content (AvgIpc) is 3.07. The first kappa shape index (κ1) is 14.7. The molecule has 4 rings (SSSR count). The lowest BCUT2D eigenvalue weighted by atomic mass is 10.2. The molecule has 4 aromatic rings. The maximum absolute atomic E-state index is 4.73. The van der Waals surface area contributed by atoms with Crippen LogP contribution in [0.25, 0.3) is 21.6 Å². The molecule has 118 valence electrons. The lowest BCUT2D eigenvalue weighted by molar-refractivity contribution is 1.19. The number of anilines is 2. The number of pyridine rings is 2. The monoisotopic (exact) mass is 333 g/mol. The molecule has 0 bridgehead atoms. The zero-order chi connectivity index (χ0) is 16.4. The van der Waals surface area contributed by atoms with E-state index in [4.69, 9.17) is 9.97 Å². The second-order valence-electron chi connectivity index (χ2n) is 5.29. The van der Waals surface area contributed by atoms with E-state index < -0.39 is 0 Å². The molecule has 0 radical (unpaired) electrons. The van der Waals surface area contributed by atoms with Crippen molar-refractivity contribution in [2.45, 2.75) is 13.3 Å². The van der Waals surface area contributed by atoms with Crippen LogP contribution in [-0.4, -0.2) is 19.9 Å². The summed E-state index contributed by atoms with van der Waals surface area (Å²) in [5, 5.41) is 4.40. The van der Waals surface area contributed by atoms with Gasteiger partial charge >= 0.3 is 0 Å². The van der Waals surface area contributed by atoms with E-state index in [2.05, 4.69) is 28.3 Å². The maximum atomic E-state index is 4.73. The molecular weight excluding hydrogens is 318 g/mol. The minimum absolute atomic E-state index is 0.673. The van der Waals surface area contributed by atoms with Crippen LogP contribution in [0.15, 0.2) is 55.1 Å². The number of aromatic nitrogens is 4. The van der Waals surface area contributed by atoms with Crippen LogP contribution < -0.4 is 5.32 Å². The van der Waals surface area contributed by atoms with Gasteiger partial charge in [0.2, 0.25) is 0 Å². The largest absolute Gasteiger partial charge is 0.338 e. The SMILES string of the molecule is CCc1cc2c(Nc3cccnc3)nc(-c3cccnc3)nc2s1. The highest BCUT2D eigenvalue weighted by Gasteiger charge is 2.13. The molecule has 24 heavy (non-hydrogen) atoms. The molecule has 0 saturated carbocycles. The standard InChI is InChI=1S/C18H15N5S/c1-2-14-9-15-17(21-13-6-4-8-20-11-13)22-16(23-18(15)24-14)12-5-3-7-19-10-12/h3-11H,2H2,1H3,(H,21,22,23). The van der Waals surface area contributed by atoms with Gasteiger partial charge in [0.15, 0.2) is 5.82 Å². The first-order chi connectivity index (χ1) is 11.8. The molecule has 5 nitrogen and oxygen atoms in total. The van der Waals surface area contributed by atoms with Gasteiger partial charge in [0, 0.05) is 29.0 Å². The first-order valence-corrected chi connectivity index (χ1v) is 8.53. The van der Waals surface area contributed by atoms with Crippen molar-refractivity contribution in [2.24, 2.45) is 0 Å². The van der Waals surface area contributed by atoms with Crippen LogP contribution in [-0.2, 0) is 6.42 Å². The molecule has 4 aromatic heterocycles. The van der Waals surface area contributed by atoms with E-state index >= 15 is 0 Å². The average molecular weight is 333 g/mol. The van der Waals surface area contributed by atoms with Crippen molar-refractivity contribution in [3.63, 3.8) is 0 Å². The predicted octanol–water partition coefficient (Wildman–Crippen LogP) is 4.45. The fraction of sp³-hybridized carbons (Fsp3) is 0.111. The molecule has 0 saturated heterocycles. The fourth-order valence-electron chi connectivity index (χ4n) is 2.44. The van der Waals surface area contributed by atoms with E-state index in [0.29, 0.717) is 5.82 Å². The van der Waals surface area contributed by atoms with Crippen LogP contribution in [0, 0.1) is 0 Å². The Hall–Kier alpha value is -2.86. The molecule has 1 N–H and O–H groups in total. The fourth-order valence-corrected chi connectivity index (χ4v) is 3.41. The van der Waals surface area contributed by atoms with Gasteiger partial charge in [-0.3, -0.25) is 9.97 Å². The van der Waals surface area contributed by atoms with Crippen LogP contribution in [0.1, 0.15) is 11.8 Å². The Morgan fingerprint density at radius 3 is 2.58 bits per heavy atom. The zero-order valence-electron chi connectivity index (χ0n) is 13.1. The van der Waals surface area contributed by atoms with Gasteiger partial charge < -0.3 is 5.32 Å². The van der Waals surface area contributed by atoms with Crippen LogP contribution in [0.4, 0.5) is 11.5 Å². The molecule has 0 fully saturated rings. The van der Waals surface area contributed by atoms with Crippen molar-refractivity contribution in [3.05, 3.63) is 60.0 Å². The van der Waals surface area contributed by atoms with Crippen LogP contribution >= 0.6 is 11.3 Å². The van der Waals surface area contributed by atoms with Gasteiger partial charge in [-0.25, -0.2) is 9.97 Å². The predicted molar refractivity (Wildman–Crippen MR) is 97.5 cm³/mol. The third kappa shape index (κ3) is 2.83. The lowest BCUT2D eigenvalue weighted by Gasteiger charge is -2.08. The molecule has 0 unspecified atom stereocenters. The van der Waals surface area contributed by atoms with Gasteiger partial charge in [-0.1, -0.05) is 6.92 Å². The van der Waals surface area contributed by atoms with Gasteiger partial charge in [0.1, 0.15) is 10.6 Å². The second-order valence-corrected chi connectivity index (χ2v) is 6.40. The topological polar surface area (TPSA) is 63.6 Å². The Balaban J connectivity index is 1.87. The summed E-state index contributed by atoms with van der Waals surface area (Å²) in [5.74, 6) is 1.47. The van der Waals surface area contributed by atoms with Crippen molar-refractivity contribution in [1.82, 2.24) is 19.9 Å². The Labute approximate surface area is 143 Å². The minimum atomic E-state index is 0.673. The van der Waals surface area contributed by atoms with Gasteiger partial charge in [0.25, 0.3) is 0 Å². The van der Waals surface area contributed by atoms with Gasteiger partial charge in [-0.15, -0.1) is 11.3 Å². The van der Waals surface area contributed by atoms with Gasteiger partial charge in [-0.2, -0.15) is 0 Å². The Morgan fingerprint density at radius 2 is 1.88 bits per heavy atom. The van der Waals surface area contributed by atoms with Gasteiger partial charge in [-0.05, 0) is 36.8 Å². The highest BCUT2D eigenvalue weighted by molar-refractivity contribution is 7.18. The van der Waals surface area contributed by atoms with Crippen molar-refractivity contribution in [2.75, 3.05) is 5.32 Å². The van der Waals surface area contributed by atoms with Crippen molar-refractivity contribution >= 4 is 33.1 Å². The zero-order valence-corrected chi connectivity index (χ0v) is 13.9. The molecule has 4 heterocycles. The van der Waals surface area contributed by atoms with Gasteiger partial charge in [0.05, 0.1) is 17.3 Å². The summed E-state index contributed by atoms with van der Waals surface area (Å²) in [4.78, 5) is 20.0. The highest BCUT2D eigenvalue weighted by Crippen LogP contribution is 2.32. The molecule has 0 aromatic carbocycles. The van der Waals surface area contributed by atoms with Crippen molar-refractivity contribution < 1.29 is 0 Å². The minimum Gasteiger partial charge on any atom is -0.338 e. The highest BCUT2D eigenvalue weighted by atomic mass is 32.1. The molecule has 0 aliphatic carbocycles. The Morgan fingerprint density at radius 1 is 1.04 bits per heavy atom. The molecule has 0 spiro atoms. The molecule has 6 heteroatoms. The summed E-state index contributed by atoms with van der Waals surface area (Å²) in [6, 6.07) is 9.89. The molecule has 0 aliphatic heterocycles. The number of nitrogens with one attached hydrogen (secondary N) is 1. The van der Waals surface area contributed by atoms with Crippen LogP contribution in [0.2, 0.25) is 0 Å². The summed E-state index contributed by atoms with van der Waals surface area (Å²) >= 11 is 1.70. The number of hydrogen-bond acceptors (Lipinski definition) is 6. The van der Waals surface area contributed by atoms with E-state index in [0.717, 1.165) is 33.7 Å². The normalized spacial score (nSPS) is 10.9. The van der Waals surface area contributed by atoms with E-state index in [9.17, 15) is 0 Å². The van der Waals surface area contributed by atoms with Crippen molar-refractivity contribution in [1.29, 1.82) is 0 Å². The maximum Gasteiger partial charge on any atom is 0.164 e. The summed E-state index contributed by atoms with van der Waals surface area (Å²) in [6.45, 7) is 2.15. The summed E-state index contributed by atoms with van der Waals surface area (Å²) in [6.07, 6.45) is 8.04. The lowest BCUT2D eigenvalue weighted by Crippen LogP contribution is -1.98. The summed E-state index contributed by atoms with van der Waals surface area (Å²) in [5.41, 5.74) is 1.80. The number of thiophene rings is 1. The summed E-state index contributed by atoms with van der Waals surface area (Å²) < 4.78 is 0. The number of nitrogens with zero attached hydrogens (tertiary/aromatic N) is 4.